The van der Waals surface area contributed by atoms with Crippen molar-refractivity contribution in [2.24, 2.45) is 0 Å². The van der Waals surface area contributed by atoms with Crippen LogP contribution < -0.4 is 20.5 Å². The van der Waals surface area contributed by atoms with E-state index in [0.717, 1.165) is 0 Å². The van der Waals surface area contributed by atoms with Crippen molar-refractivity contribution in [3.05, 3.63) is 40.5 Å². The summed E-state index contributed by atoms with van der Waals surface area (Å²) in [4.78, 5) is 16.3. The minimum absolute atomic E-state index is 0.131. The minimum Gasteiger partial charge on any atom is -0.454 e. The molecule has 0 atom stereocenters. The van der Waals surface area contributed by atoms with Crippen LogP contribution in [0.3, 0.4) is 0 Å². The molecule has 0 aliphatic carbocycles. The molecular weight excluding hydrogens is 326 g/mol. The molecule has 3 rings (SSSR count). The lowest BCUT2D eigenvalue weighted by atomic mass is 10.1. The second-order valence-corrected chi connectivity index (χ2v) is 4.94. The fourth-order valence-electron chi connectivity index (χ4n) is 1.81. The van der Waals surface area contributed by atoms with E-state index >= 15 is 0 Å². The second kappa shape index (κ2) is 5.01. The van der Waals surface area contributed by atoms with Crippen molar-refractivity contribution < 1.29 is 14.3 Å². The van der Waals surface area contributed by atoms with Crippen LogP contribution in [0, 0.1) is 0 Å². The van der Waals surface area contributed by atoms with Crippen molar-refractivity contribution in [2.45, 2.75) is 0 Å². The van der Waals surface area contributed by atoms with E-state index in [2.05, 4.69) is 26.2 Å². The van der Waals surface area contributed by atoms with Crippen LogP contribution in [0.5, 0.6) is 11.5 Å². The number of nitrogens with zero attached hydrogens (tertiary/aromatic N) is 1. The van der Waals surface area contributed by atoms with Gasteiger partial charge in [-0.3, -0.25) is 4.79 Å². The molecule has 1 aromatic heterocycles. The van der Waals surface area contributed by atoms with Gasteiger partial charge in [-0.05, 0) is 34.1 Å². The Bertz CT molecular complexity index is 691. The van der Waals surface area contributed by atoms with Crippen LogP contribution in [0.4, 0.5) is 11.5 Å². The van der Waals surface area contributed by atoms with Gasteiger partial charge in [-0.1, -0.05) is 0 Å². The highest BCUT2D eigenvalue weighted by atomic mass is 79.9. The normalized spacial score (nSPS) is 12.2. The molecule has 6 nitrogen and oxygen atoms in total. The molecule has 102 valence electrons. The third-order valence-electron chi connectivity index (χ3n) is 2.78. The van der Waals surface area contributed by atoms with Crippen molar-refractivity contribution in [1.29, 1.82) is 0 Å². The van der Waals surface area contributed by atoms with E-state index in [0.29, 0.717) is 33.0 Å². The summed E-state index contributed by atoms with van der Waals surface area (Å²) in [5.41, 5.74) is 6.49. The lowest BCUT2D eigenvalue weighted by Crippen LogP contribution is -2.15. The largest absolute Gasteiger partial charge is 0.454 e. The van der Waals surface area contributed by atoms with Crippen LogP contribution in [0.1, 0.15) is 10.4 Å². The van der Waals surface area contributed by atoms with Gasteiger partial charge in [-0.15, -0.1) is 0 Å². The lowest BCUT2D eigenvalue weighted by molar-refractivity contribution is 0.102. The summed E-state index contributed by atoms with van der Waals surface area (Å²) in [6.45, 7) is 0.131. The van der Waals surface area contributed by atoms with Crippen molar-refractivity contribution in [2.75, 3.05) is 17.8 Å². The smallest absolute Gasteiger partial charge is 0.259 e. The fourth-order valence-corrected chi connectivity index (χ4v) is 2.16. The van der Waals surface area contributed by atoms with Gasteiger partial charge < -0.3 is 20.5 Å². The summed E-state index contributed by atoms with van der Waals surface area (Å²) in [7, 11) is 0. The zero-order valence-corrected chi connectivity index (χ0v) is 11.8. The predicted molar refractivity (Wildman–Crippen MR) is 76.9 cm³/mol. The molecule has 1 aliphatic heterocycles. The molecule has 2 aromatic rings. The van der Waals surface area contributed by atoms with Gasteiger partial charge in [0.2, 0.25) is 6.79 Å². The van der Waals surface area contributed by atoms with Crippen LogP contribution in [0.25, 0.3) is 0 Å². The summed E-state index contributed by atoms with van der Waals surface area (Å²) in [5.74, 6) is 1.11. The molecule has 0 bridgehead atoms. The highest BCUT2D eigenvalue weighted by Crippen LogP contribution is 2.36. The van der Waals surface area contributed by atoms with Gasteiger partial charge in [-0.2, -0.15) is 0 Å². The zero-order chi connectivity index (χ0) is 14.1. The lowest BCUT2D eigenvalue weighted by Gasteiger charge is -2.09. The SMILES string of the molecule is Nc1cc2c(cc1C(=O)Nc1ncccc1Br)OCO2. The van der Waals surface area contributed by atoms with E-state index in [1.807, 2.05) is 0 Å². The molecule has 2 heterocycles. The monoisotopic (exact) mass is 335 g/mol. The quantitative estimate of drug-likeness (QED) is 0.823. The second-order valence-electron chi connectivity index (χ2n) is 4.08. The van der Waals surface area contributed by atoms with Gasteiger partial charge in [-0.25, -0.2) is 4.98 Å². The maximum Gasteiger partial charge on any atom is 0.259 e. The number of rotatable bonds is 2. The Morgan fingerprint density at radius 2 is 2.10 bits per heavy atom. The highest BCUT2D eigenvalue weighted by molar-refractivity contribution is 9.10. The third-order valence-corrected chi connectivity index (χ3v) is 3.42. The molecular formula is C13H10BrN3O3. The number of fused-ring (bicyclic) bond motifs is 1. The predicted octanol–water partition coefficient (Wildman–Crippen LogP) is 2.41. The number of nitrogens with one attached hydrogen (secondary N) is 1. The van der Waals surface area contributed by atoms with Crippen molar-refractivity contribution in [3.8, 4) is 11.5 Å². The van der Waals surface area contributed by atoms with Gasteiger partial charge >= 0.3 is 0 Å². The molecule has 3 N–H and O–H groups in total. The van der Waals surface area contributed by atoms with Crippen LogP contribution in [-0.4, -0.2) is 17.7 Å². The van der Waals surface area contributed by atoms with E-state index in [4.69, 9.17) is 15.2 Å². The van der Waals surface area contributed by atoms with Crippen LogP contribution in [-0.2, 0) is 0 Å². The number of halogens is 1. The van der Waals surface area contributed by atoms with Gasteiger partial charge in [0.1, 0.15) is 5.82 Å². The van der Waals surface area contributed by atoms with E-state index in [9.17, 15) is 4.79 Å². The topological polar surface area (TPSA) is 86.5 Å². The molecule has 20 heavy (non-hydrogen) atoms. The van der Waals surface area contributed by atoms with E-state index in [-0.39, 0.29) is 12.7 Å². The maximum absolute atomic E-state index is 12.2. The number of nitrogens with two attached hydrogens (primary N) is 1. The number of nitrogen functional groups attached to an aromatic ring is 1. The van der Waals surface area contributed by atoms with Crippen LogP contribution in [0.2, 0.25) is 0 Å². The number of carbonyl (C=O) groups excluding carboxylic acids is 1. The first kappa shape index (κ1) is 12.7. The summed E-state index contributed by atoms with van der Waals surface area (Å²) >= 11 is 3.31. The molecule has 1 aliphatic rings. The fraction of sp³-hybridized carbons (Fsp3) is 0.0769. The average Bonchev–Trinajstić information content (AvgIpc) is 2.87. The molecule has 0 spiro atoms. The number of amides is 1. The number of aromatic nitrogens is 1. The summed E-state index contributed by atoms with van der Waals surface area (Å²) in [6, 6.07) is 6.68. The first-order chi connectivity index (χ1) is 9.65. The number of pyridine rings is 1. The molecule has 0 fully saturated rings. The minimum atomic E-state index is -0.361. The van der Waals surface area contributed by atoms with Gasteiger partial charge in [0, 0.05) is 18.0 Å². The Hall–Kier alpha value is -2.28. The number of carbonyl (C=O) groups is 1. The Labute approximate surface area is 123 Å². The third kappa shape index (κ3) is 2.27. The zero-order valence-electron chi connectivity index (χ0n) is 10.2. The van der Waals surface area contributed by atoms with Crippen molar-refractivity contribution in [3.63, 3.8) is 0 Å². The van der Waals surface area contributed by atoms with E-state index in [1.54, 1.807) is 30.5 Å². The summed E-state index contributed by atoms with van der Waals surface area (Å²) < 4.78 is 11.1. The number of hydrogen-bond donors (Lipinski definition) is 2. The summed E-state index contributed by atoms with van der Waals surface area (Å²) in [5, 5.41) is 2.69. The van der Waals surface area contributed by atoms with Gasteiger partial charge in [0.25, 0.3) is 5.91 Å². The molecule has 1 aromatic carbocycles. The van der Waals surface area contributed by atoms with Crippen molar-refractivity contribution >= 4 is 33.3 Å². The summed E-state index contributed by atoms with van der Waals surface area (Å²) in [6.07, 6.45) is 1.59. The maximum atomic E-state index is 12.2. The average molecular weight is 336 g/mol. The van der Waals surface area contributed by atoms with Crippen LogP contribution in [0.15, 0.2) is 34.9 Å². The van der Waals surface area contributed by atoms with E-state index in [1.165, 1.54) is 0 Å². The number of hydrogen-bond acceptors (Lipinski definition) is 5. The molecule has 0 saturated carbocycles. The first-order valence-corrected chi connectivity index (χ1v) is 6.55. The van der Waals surface area contributed by atoms with Crippen LogP contribution >= 0.6 is 15.9 Å². The molecule has 0 saturated heterocycles. The molecule has 7 heteroatoms. The molecule has 0 unspecified atom stereocenters. The Kier molecular flexibility index (Phi) is 3.19. The van der Waals surface area contributed by atoms with E-state index < -0.39 is 0 Å². The molecule has 1 amide bonds. The Morgan fingerprint density at radius 1 is 1.35 bits per heavy atom. The van der Waals surface area contributed by atoms with Crippen molar-refractivity contribution in [1.82, 2.24) is 4.98 Å². The number of benzene rings is 1. The Balaban J connectivity index is 1.90. The highest BCUT2D eigenvalue weighted by Gasteiger charge is 2.20. The van der Waals surface area contributed by atoms with Gasteiger partial charge in [0.05, 0.1) is 10.0 Å². The number of ether oxygens (including phenoxy) is 2. The van der Waals surface area contributed by atoms with Gasteiger partial charge in [0.15, 0.2) is 11.5 Å². The standard InChI is InChI=1S/C13H10BrN3O3/c14-8-2-1-3-16-12(8)17-13(18)7-4-10-11(5-9(7)15)20-6-19-10/h1-5H,6,15H2,(H,16,17,18). The first-order valence-electron chi connectivity index (χ1n) is 5.76. The molecule has 0 radical (unpaired) electrons. The number of anilines is 2. The Morgan fingerprint density at radius 3 is 2.85 bits per heavy atom.